The minimum Gasteiger partial charge on any atom is -0.439 e. The van der Waals surface area contributed by atoms with Crippen LogP contribution in [0.15, 0.2) is 158 Å². The van der Waals surface area contributed by atoms with E-state index in [1.165, 1.54) is 0 Å². The SMILES string of the molecule is FC(F)(F)c1cc(Oc2cc(-c3ccccc3)ccn2)cc(-c2ccc3c4ccccc4n(-c4cc(-c5ccccc5)ccn4)c3c2)c1. The molecule has 0 bridgehead atoms. The summed E-state index contributed by atoms with van der Waals surface area (Å²) in [6, 6.07) is 44.8. The van der Waals surface area contributed by atoms with Gasteiger partial charge in [-0.3, -0.25) is 4.57 Å². The highest BCUT2D eigenvalue weighted by atomic mass is 19.4. The van der Waals surface area contributed by atoms with E-state index in [1.807, 2.05) is 121 Å². The van der Waals surface area contributed by atoms with Gasteiger partial charge in [-0.2, -0.15) is 13.2 Å². The normalized spacial score (nSPS) is 11.6. The number of nitrogens with zero attached hydrogens (tertiary/aromatic N) is 3. The number of fused-ring (bicyclic) bond motifs is 3. The van der Waals surface area contributed by atoms with E-state index in [1.54, 1.807) is 24.5 Å². The lowest BCUT2D eigenvalue weighted by Gasteiger charge is -2.14. The van der Waals surface area contributed by atoms with Crippen molar-refractivity contribution in [3.8, 4) is 50.8 Å². The number of pyridine rings is 2. The quantitative estimate of drug-likeness (QED) is 0.183. The summed E-state index contributed by atoms with van der Waals surface area (Å²) in [6.45, 7) is 0. The summed E-state index contributed by atoms with van der Waals surface area (Å²) in [4.78, 5) is 9.01. The molecule has 0 aliphatic heterocycles. The molecule has 0 amide bonds. The van der Waals surface area contributed by atoms with Crippen molar-refractivity contribution in [1.29, 1.82) is 0 Å². The van der Waals surface area contributed by atoms with Gasteiger partial charge in [-0.15, -0.1) is 0 Å². The molecule has 7 heteroatoms. The van der Waals surface area contributed by atoms with Crippen LogP contribution in [0.25, 0.3) is 61.0 Å². The molecule has 0 aliphatic carbocycles. The monoisotopic (exact) mass is 633 g/mol. The Balaban J connectivity index is 1.25. The maximum atomic E-state index is 14.3. The standard InChI is InChI=1S/C41H26F3N3O/c42-41(43,44)33-21-32(22-34(26-33)48-40-25-31(18-20-46-40)28-11-5-2-6-12-28)29-15-16-36-35-13-7-8-14-37(35)47(38(36)23-29)39-24-30(17-19-45-39)27-9-3-1-4-10-27/h1-26H. The lowest BCUT2D eigenvalue weighted by molar-refractivity contribution is -0.137. The molecule has 8 aromatic rings. The van der Waals surface area contributed by atoms with Gasteiger partial charge in [0.2, 0.25) is 5.88 Å². The van der Waals surface area contributed by atoms with E-state index in [0.717, 1.165) is 56.2 Å². The van der Waals surface area contributed by atoms with Crippen LogP contribution in [0.2, 0.25) is 0 Å². The topological polar surface area (TPSA) is 39.9 Å². The third kappa shape index (κ3) is 5.56. The smallest absolute Gasteiger partial charge is 0.416 e. The van der Waals surface area contributed by atoms with Crippen LogP contribution in [0, 0.1) is 0 Å². The zero-order chi connectivity index (χ0) is 32.7. The number of alkyl halides is 3. The number of halogens is 3. The van der Waals surface area contributed by atoms with Gasteiger partial charge in [0.1, 0.15) is 11.6 Å². The zero-order valence-corrected chi connectivity index (χ0v) is 25.4. The van der Waals surface area contributed by atoms with Crippen molar-refractivity contribution < 1.29 is 17.9 Å². The lowest BCUT2D eigenvalue weighted by Crippen LogP contribution is -2.05. The second-order valence-electron chi connectivity index (χ2n) is 11.4. The number of ether oxygens (including phenoxy) is 1. The van der Waals surface area contributed by atoms with Crippen LogP contribution in [-0.4, -0.2) is 14.5 Å². The van der Waals surface area contributed by atoms with Crippen LogP contribution in [-0.2, 0) is 6.18 Å². The molecule has 8 rings (SSSR count). The van der Waals surface area contributed by atoms with E-state index in [0.29, 0.717) is 16.9 Å². The molecule has 0 spiro atoms. The van der Waals surface area contributed by atoms with E-state index < -0.39 is 11.7 Å². The Morgan fingerprint density at radius 3 is 1.83 bits per heavy atom. The molecule has 0 saturated carbocycles. The minimum absolute atomic E-state index is 0.0374. The van der Waals surface area contributed by atoms with Crippen molar-refractivity contribution in [3.63, 3.8) is 0 Å². The van der Waals surface area contributed by atoms with Crippen LogP contribution in [0.3, 0.4) is 0 Å². The third-order valence-electron chi connectivity index (χ3n) is 8.39. The second-order valence-corrected chi connectivity index (χ2v) is 11.4. The average Bonchev–Trinajstić information content (AvgIpc) is 3.46. The van der Waals surface area contributed by atoms with Gasteiger partial charge < -0.3 is 4.74 Å². The van der Waals surface area contributed by atoms with Crippen LogP contribution in [0.4, 0.5) is 13.2 Å². The van der Waals surface area contributed by atoms with E-state index in [4.69, 9.17) is 9.72 Å². The molecule has 5 aromatic carbocycles. The molecule has 3 heterocycles. The fourth-order valence-corrected chi connectivity index (χ4v) is 6.13. The summed E-state index contributed by atoms with van der Waals surface area (Å²) in [5, 5.41) is 1.98. The van der Waals surface area contributed by atoms with Crippen molar-refractivity contribution in [2.24, 2.45) is 0 Å². The first-order valence-electron chi connectivity index (χ1n) is 15.4. The second kappa shape index (κ2) is 11.9. The molecular weight excluding hydrogens is 607 g/mol. The molecule has 232 valence electrons. The van der Waals surface area contributed by atoms with Gasteiger partial charge in [0.15, 0.2) is 0 Å². The van der Waals surface area contributed by atoms with E-state index in [2.05, 4.69) is 9.55 Å². The third-order valence-corrected chi connectivity index (χ3v) is 8.39. The van der Waals surface area contributed by atoms with Crippen LogP contribution >= 0.6 is 0 Å². The molecule has 3 aromatic heterocycles. The number of para-hydroxylation sites is 1. The average molecular weight is 634 g/mol. The number of rotatable bonds is 6. The molecule has 0 aliphatic rings. The van der Waals surface area contributed by atoms with Crippen molar-refractivity contribution in [2.75, 3.05) is 0 Å². The van der Waals surface area contributed by atoms with Crippen molar-refractivity contribution >= 4 is 21.8 Å². The van der Waals surface area contributed by atoms with Crippen molar-refractivity contribution in [1.82, 2.24) is 14.5 Å². The molecule has 0 atom stereocenters. The number of hydrogen-bond donors (Lipinski definition) is 0. The molecule has 0 radical (unpaired) electrons. The highest BCUT2D eigenvalue weighted by molar-refractivity contribution is 6.10. The number of benzene rings is 5. The lowest BCUT2D eigenvalue weighted by atomic mass is 10.0. The van der Waals surface area contributed by atoms with Crippen LogP contribution < -0.4 is 4.74 Å². The molecule has 48 heavy (non-hydrogen) atoms. The predicted octanol–water partition coefficient (Wildman–Crippen LogP) is 11.4. The Morgan fingerprint density at radius 1 is 0.479 bits per heavy atom. The minimum atomic E-state index is -4.59. The Bertz CT molecular complexity index is 2420. The maximum absolute atomic E-state index is 14.3. The summed E-state index contributed by atoms with van der Waals surface area (Å²) < 4.78 is 50.8. The van der Waals surface area contributed by atoms with Gasteiger partial charge in [-0.1, -0.05) is 91.0 Å². The fraction of sp³-hybridized carbons (Fsp3) is 0.0244. The Morgan fingerprint density at radius 2 is 1.10 bits per heavy atom. The van der Waals surface area contributed by atoms with Gasteiger partial charge in [0, 0.05) is 29.2 Å². The van der Waals surface area contributed by atoms with Crippen LogP contribution in [0.5, 0.6) is 11.6 Å². The summed E-state index contributed by atoms with van der Waals surface area (Å²) >= 11 is 0. The first-order valence-corrected chi connectivity index (χ1v) is 15.4. The Hall–Kier alpha value is -6.21. The van der Waals surface area contributed by atoms with Gasteiger partial charge in [0.05, 0.1) is 16.6 Å². The Labute approximate surface area is 274 Å². The summed E-state index contributed by atoms with van der Waals surface area (Å²) in [5.41, 5.74) is 5.78. The first kappa shape index (κ1) is 29.2. The van der Waals surface area contributed by atoms with Gasteiger partial charge >= 0.3 is 6.18 Å². The van der Waals surface area contributed by atoms with E-state index in [-0.39, 0.29) is 11.6 Å². The first-order chi connectivity index (χ1) is 23.4. The Kier molecular flexibility index (Phi) is 7.22. The largest absolute Gasteiger partial charge is 0.439 e. The summed E-state index contributed by atoms with van der Waals surface area (Å²) in [5.74, 6) is 0.939. The zero-order valence-electron chi connectivity index (χ0n) is 25.4. The molecule has 0 N–H and O–H groups in total. The van der Waals surface area contributed by atoms with Gasteiger partial charge in [-0.05, 0) is 81.9 Å². The maximum Gasteiger partial charge on any atom is 0.416 e. The molecule has 0 saturated heterocycles. The van der Waals surface area contributed by atoms with E-state index >= 15 is 0 Å². The highest BCUT2D eigenvalue weighted by Gasteiger charge is 2.32. The molecule has 4 nitrogen and oxygen atoms in total. The molecular formula is C41H26F3N3O. The van der Waals surface area contributed by atoms with Gasteiger partial charge in [-0.25, -0.2) is 9.97 Å². The van der Waals surface area contributed by atoms with Crippen molar-refractivity contribution in [2.45, 2.75) is 6.18 Å². The predicted molar refractivity (Wildman–Crippen MR) is 184 cm³/mol. The van der Waals surface area contributed by atoms with Gasteiger partial charge in [0.25, 0.3) is 0 Å². The fourth-order valence-electron chi connectivity index (χ4n) is 6.13. The number of aromatic nitrogens is 3. The summed E-state index contributed by atoms with van der Waals surface area (Å²) in [6.07, 6.45) is -1.23. The highest BCUT2D eigenvalue weighted by Crippen LogP contribution is 2.40. The number of hydrogen-bond acceptors (Lipinski definition) is 3. The van der Waals surface area contributed by atoms with Crippen LogP contribution in [0.1, 0.15) is 5.56 Å². The molecule has 0 fully saturated rings. The van der Waals surface area contributed by atoms with Crippen molar-refractivity contribution in [3.05, 3.63) is 164 Å². The summed E-state index contributed by atoms with van der Waals surface area (Å²) in [7, 11) is 0. The van der Waals surface area contributed by atoms with E-state index in [9.17, 15) is 13.2 Å². The molecule has 0 unspecified atom stereocenters.